The highest BCUT2D eigenvalue weighted by atomic mass is 35.5. The molecule has 0 aliphatic carbocycles. The number of aromatic nitrogens is 3. The van der Waals surface area contributed by atoms with Gasteiger partial charge < -0.3 is 5.32 Å². The second-order valence-electron chi connectivity index (χ2n) is 10.7. The average molecular weight is 588 g/mol. The van der Waals surface area contributed by atoms with E-state index in [0.717, 1.165) is 38.4 Å². The van der Waals surface area contributed by atoms with Crippen molar-refractivity contribution in [2.45, 2.75) is 44.7 Å². The van der Waals surface area contributed by atoms with Crippen molar-refractivity contribution in [1.29, 1.82) is 0 Å². The smallest absolute Gasteiger partial charge is 0.317 e. The van der Waals surface area contributed by atoms with Crippen molar-refractivity contribution in [2.24, 2.45) is 11.3 Å². The van der Waals surface area contributed by atoms with Crippen molar-refractivity contribution in [3.05, 3.63) is 47.5 Å². The minimum atomic E-state index is -3.92. The van der Waals surface area contributed by atoms with Crippen LogP contribution in [0.25, 0.3) is 0 Å². The van der Waals surface area contributed by atoms with Gasteiger partial charge in [-0.15, -0.1) is 0 Å². The molecule has 1 atom stereocenters. The summed E-state index contributed by atoms with van der Waals surface area (Å²) in [5.74, 6) is -0.464. The third-order valence-corrected chi connectivity index (χ3v) is 10.9. The number of halogens is 1. The molecule has 11 nitrogen and oxygen atoms in total. The van der Waals surface area contributed by atoms with E-state index in [1.54, 1.807) is 30.6 Å². The molecule has 38 heavy (non-hydrogen) atoms. The number of hydrogen-bond acceptors (Lipinski definition) is 8. The second-order valence-corrected chi connectivity index (χ2v) is 15.0. The molecule has 0 spiro atoms. The average Bonchev–Trinajstić information content (AvgIpc) is 3.36. The number of nitrogens with zero attached hydrogens (tertiary/aromatic N) is 4. The number of sulfonamides is 2. The zero-order valence-electron chi connectivity index (χ0n) is 21.7. The van der Waals surface area contributed by atoms with Crippen LogP contribution in [0.2, 0.25) is 5.02 Å². The van der Waals surface area contributed by atoms with E-state index in [0.29, 0.717) is 30.0 Å². The second kappa shape index (κ2) is 11.3. The number of nitrogens with one attached hydrogen (secondary N) is 2. The molecule has 14 heteroatoms. The van der Waals surface area contributed by atoms with Crippen molar-refractivity contribution in [1.82, 2.24) is 24.8 Å². The molecule has 2 N–H and O–H groups in total. The first-order valence-electron chi connectivity index (χ1n) is 12.7. The van der Waals surface area contributed by atoms with E-state index in [4.69, 9.17) is 11.6 Å². The van der Waals surface area contributed by atoms with Crippen molar-refractivity contribution in [3.8, 4) is 0 Å². The molecule has 4 rings (SSSR count). The first-order valence-corrected chi connectivity index (χ1v) is 16.8. The number of quaternary nitrogens is 1. The van der Waals surface area contributed by atoms with E-state index in [2.05, 4.69) is 20.1 Å². The van der Waals surface area contributed by atoms with E-state index in [-0.39, 0.29) is 30.8 Å². The van der Waals surface area contributed by atoms with Crippen LogP contribution >= 0.6 is 11.6 Å². The van der Waals surface area contributed by atoms with E-state index < -0.39 is 35.9 Å². The number of likely N-dealkylation sites (tertiary alicyclic amines) is 1. The van der Waals surface area contributed by atoms with Gasteiger partial charge in [0.15, 0.2) is 0 Å². The van der Waals surface area contributed by atoms with Crippen LogP contribution in [0, 0.1) is 11.3 Å². The molecule has 1 aromatic carbocycles. The maximum atomic E-state index is 14.0. The van der Waals surface area contributed by atoms with Gasteiger partial charge in [0.05, 0.1) is 12.5 Å². The van der Waals surface area contributed by atoms with Crippen molar-refractivity contribution in [2.75, 3.05) is 38.7 Å². The molecule has 210 valence electrons. The number of amides is 1. The van der Waals surface area contributed by atoms with Crippen molar-refractivity contribution < 1.29 is 25.5 Å². The monoisotopic (exact) mass is 587 g/mol. The van der Waals surface area contributed by atoms with Gasteiger partial charge in [-0.05, 0) is 55.0 Å². The molecule has 1 amide bonds. The van der Waals surface area contributed by atoms with Gasteiger partial charge in [0.2, 0.25) is 10.0 Å². The molecule has 2 fully saturated rings. The summed E-state index contributed by atoms with van der Waals surface area (Å²) in [6.45, 7) is 2.59. The highest BCUT2D eigenvalue weighted by molar-refractivity contribution is 7.88. The van der Waals surface area contributed by atoms with Gasteiger partial charge in [-0.2, -0.15) is 22.1 Å². The number of rotatable bonds is 9. The Bertz CT molecular complexity index is 1320. The van der Waals surface area contributed by atoms with Gasteiger partial charge in [0, 0.05) is 30.8 Å². The fourth-order valence-corrected chi connectivity index (χ4v) is 8.30. The summed E-state index contributed by atoms with van der Waals surface area (Å²) in [6.07, 6.45) is 8.15. The van der Waals surface area contributed by atoms with Crippen LogP contribution in [0.3, 0.4) is 0 Å². The number of carbonyl (C=O) groups excluding carboxylic acids is 1. The van der Waals surface area contributed by atoms with Gasteiger partial charge in [0.1, 0.15) is 31.8 Å². The van der Waals surface area contributed by atoms with Gasteiger partial charge >= 0.3 is 15.9 Å². The zero-order valence-corrected chi connectivity index (χ0v) is 24.1. The van der Waals surface area contributed by atoms with E-state index in [9.17, 15) is 21.6 Å². The van der Waals surface area contributed by atoms with Crippen LogP contribution in [-0.4, -0.2) is 86.1 Å². The van der Waals surface area contributed by atoms with Gasteiger partial charge in [0.25, 0.3) is 0 Å². The van der Waals surface area contributed by atoms with Crippen molar-refractivity contribution in [3.63, 3.8) is 0 Å². The lowest BCUT2D eigenvalue weighted by Gasteiger charge is -2.48. The fourth-order valence-electron chi connectivity index (χ4n) is 6.15. The summed E-state index contributed by atoms with van der Waals surface area (Å²) in [5.41, 5.74) is 0.579. The van der Waals surface area contributed by atoms with Crippen LogP contribution < -0.4 is 10.0 Å². The van der Waals surface area contributed by atoms with Gasteiger partial charge in [-0.25, -0.2) is 18.2 Å². The topological polar surface area (TPSA) is 140 Å². The number of benzene rings is 1. The lowest BCUT2D eigenvalue weighted by Crippen LogP contribution is -2.66. The SMILES string of the molecule is CS(=O)(=O)N[C@H](Cc1ccc(Cl)cc1)C(=O)[N+]1(S(C)(=O)=O)CCC(C2(Cn3cncn3)CCNCC2)CC1. The first-order chi connectivity index (χ1) is 17.8. The van der Waals surface area contributed by atoms with Crippen molar-refractivity contribution >= 4 is 37.6 Å². The summed E-state index contributed by atoms with van der Waals surface area (Å²) in [5, 5.41) is 8.22. The van der Waals surface area contributed by atoms with Gasteiger partial charge in [-0.1, -0.05) is 23.7 Å². The standard InChI is InChI=1S/C24H36ClN6O5S2/c1-37(33,34)29-22(15-19-3-5-21(25)6-4-19)23(32)31(38(2,35)36)13-7-20(8-14-31)24(9-11-26-12-10-24)16-30-18-27-17-28-30/h3-6,17-18,20,22,26,29H,7-16H2,1-2H3/q+1/t20?,22-,31?/m1/s1. The third kappa shape index (κ3) is 6.45. The maximum absolute atomic E-state index is 14.0. The zero-order chi connectivity index (χ0) is 27.6. The minimum absolute atomic E-state index is 0.0178. The first kappa shape index (κ1) is 29.1. The Kier molecular flexibility index (Phi) is 8.65. The van der Waals surface area contributed by atoms with Gasteiger partial charge in [-0.3, -0.25) is 4.68 Å². The molecule has 0 saturated carbocycles. The Balaban J connectivity index is 1.61. The summed E-state index contributed by atoms with van der Waals surface area (Å²) in [7, 11) is -7.72. The molecule has 0 radical (unpaired) electrons. The predicted molar refractivity (Wildman–Crippen MR) is 144 cm³/mol. The van der Waals surface area contributed by atoms with Crippen LogP contribution in [0.4, 0.5) is 0 Å². The lowest BCUT2D eigenvalue weighted by atomic mass is 9.65. The lowest BCUT2D eigenvalue weighted by molar-refractivity contribution is -0.738. The fraction of sp³-hybridized carbons (Fsp3) is 0.625. The summed E-state index contributed by atoms with van der Waals surface area (Å²) in [4.78, 5) is 18.1. The molecular weight excluding hydrogens is 552 g/mol. The number of hydrogen-bond donors (Lipinski definition) is 2. The predicted octanol–water partition coefficient (Wildman–Crippen LogP) is 1.17. The largest absolute Gasteiger partial charge is 0.347 e. The Labute approximate surface area is 229 Å². The number of carbonyl (C=O) groups is 1. The Morgan fingerprint density at radius 2 is 1.79 bits per heavy atom. The molecule has 2 aromatic rings. The Hall–Kier alpha value is -1.90. The minimum Gasteiger partial charge on any atom is -0.317 e. The molecular formula is C24H36ClN6O5S2+. The highest BCUT2D eigenvalue weighted by Gasteiger charge is 2.54. The summed E-state index contributed by atoms with van der Waals surface area (Å²) >= 11 is 5.98. The van der Waals surface area contributed by atoms with E-state index in [1.807, 2.05) is 4.68 Å². The van der Waals surface area contributed by atoms with E-state index >= 15 is 0 Å². The Morgan fingerprint density at radius 1 is 1.16 bits per heavy atom. The van der Waals surface area contributed by atoms with Crippen LogP contribution in [-0.2, 0) is 37.8 Å². The normalized spacial score (nSPS) is 25.1. The molecule has 3 heterocycles. The molecule has 2 aliphatic heterocycles. The third-order valence-electron chi connectivity index (χ3n) is 8.13. The highest BCUT2D eigenvalue weighted by Crippen LogP contribution is 2.45. The van der Waals surface area contributed by atoms with Crippen LogP contribution in [0.5, 0.6) is 0 Å². The molecule has 2 saturated heterocycles. The quantitative estimate of drug-likeness (QED) is 0.417. The molecule has 0 unspecified atom stereocenters. The maximum Gasteiger partial charge on any atom is 0.347 e. The van der Waals surface area contributed by atoms with E-state index in [1.165, 1.54) is 6.33 Å². The summed E-state index contributed by atoms with van der Waals surface area (Å²) < 4.78 is 54.4. The molecule has 0 bridgehead atoms. The molecule has 1 aromatic heterocycles. The van der Waals surface area contributed by atoms with Crippen LogP contribution in [0.15, 0.2) is 36.9 Å². The molecule has 2 aliphatic rings. The Morgan fingerprint density at radius 3 is 2.32 bits per heavy atom. The summed E-state index contributed by atoms with van der Waals surface area (Å²) in [6, 6.07) is 5.47. The number of piperidine rings is 2. The van der Waals surface area contributed by atoms with Crippen LogP contribution in [0.1, 0.15) is 31.2 Å².